The van der Waals surface area contributed by atoms with Gasteiger partial charge in [0.1, 0.15) is 9.88 Å². The lowest BCUT2D eigenvalue weighted by molar-refractivity contribution is 0.0531. The summed E-state index contributed by atoms with van der Waals surface area (Å²) in [5.74, 6) is 1.81. The first-order chi connectivity index (χ1) is 14.3. The van der Waals surface area contributed by atoms with E-state index in [0.717, 1.165) is 36.3 Å². The molecule has 0 bridgehead atoms. The summed E-state index contributed by atoms with van der Waals surface area (Å²) in [6.07, 6.45) is 2.49. The zero-order valence-corrected chi connectivity index (χ0v) is 23.0. The van der Waals surface area contributed by atoms with Gasteiger partial charge in [0, 0.05) is 26.2 Å². The molecule has 1 saturated heterocycles. The van der Waals surface area contributed by atoms with Crippen LogP contribution in [-0.2, 0) is 4.74 Å². The molecule has 31 heavy (non-hydrogen) atoms. The van der Waals surface area contributed by atoms with Crippen LogP contribution >= 0.6 is 35.3 Å². The summed E-state index contributed by atoms with van der Waals surface area (Å²) in [6, 6.07) is -0.0431. The summed E-state index contributed by atoms with van der Waals surface area (Å²) < 4.78 is 5.13. The van der Waals surface area contributed by atoms with Gasteiger partial charge in [-0.25, -0.2) is 9.78 Å². The van der Waals surface area contributed by atoms with E-state index < -0.39 is 0 Å². The van der Waals surface area contributed by atoms with Crippen LogP contribution in [0.5, 0.6) is 0 Å². The van der Waals surface area contributed by atoms with Gasteiger partial charge in [0.25, 0.3) is 0 Å². The number of aliphatic imine (C=N–C) groups is 1. The summed E-state index contributed by atoms with van der Waals surface area (Å²) in [5.41, 5.74) is 0.719. The Morgan fingerprint density at radius 1 is 1.35 bits per heavy atom. The van der Waals surface area contributed by atoms with Crippen molar-refractivity contribution in [2.24, 2.45) is 16.8 Å². The van der Waals surface area contributed by atoms with Gasteiger partial charge in [-0.1, -0.05) is 13.8 Å². The molecule has 1 aliphatic heterocycles. The topological polar surface area (TPSA) is 78.9 Å². The Balaban J connectivity index is 0.00000480. The fourth-order valence-corrected chi connectivity index (χ4v) is 4.74. The highest BCUT2D eigenvalue weighted by Gasteiger charge is 2.22. The molecule has 7 nitrogen and oxygen atoms in total. The first-order valence-corrected chi connectivity index (χ1v) is 12.1. The third-order valence-corrected chi connectivity index (χ3v) is 6.40. The van der Waals surface area contributed by atoms with Crippen LogP contribution in [-0.4, -0.2) is 61.1 Å². The van der Waals surface area contributed by atoms with E-state index in [1.165, 1.54) is 37.3 Å². The molecule has 2 N–H and O–H groups in total. The molecule has 9 heteroatoms. The van der Waals surface area contributed by atoms with Gasteiger partial charge in [-0.3, -0.25) is 4.99 Å². The third-order valence-electron chi connectivity index (χ3n) is 5.08. The number of hydrogen-bond donors (Lipinski definition) is 2. The average Bonchev–Trinajstić information content (AvgIpc) is 3.08. The number of thiazole rings is 1. The smallest absolute Gasteiger partial charge is 0.350 e. The molecule has 0 saturated carbocycles. The van der Waals surface area contributed by atoms with Gasteiger partial charge in [0.05, 0.1) is 18.3 Å². The molecule has 0 aliphatic carbocycles. The van der Waals surface area contributed by atoms with Gasteiger partial charge < -0.3 is 20.3 Å². The van der Waals surface area contributed by atoms with Crippen molar-refractivity contribution < 1.29 is 9.53 Å². The van der Waals surface area contributed by atoms with E-state index in [1.807, 2.05) is 20.8 Å². The van der Waals surface area contributed by atoms with E-state index in [-0.39, 0.29) is 36.0 Å². The van der Waals surface area contributed by atoms with Crippen LogP contribution in [0.15, 0.2) is 4.99 Å². The molecule has 0 amide bonds. The summed E-state index contributed by atoms with van der Waals surface area (Å²) >= 11 is 1.39. The Kier molecular flexibility index (Phi) is 12.9. The van der Waals surface area contributed by atoms with Crippen molar-refractivity contribution in [2.45, 2.75) is 60.4 Å². The molecule has 0 radical (unpaired) electrons. The average molecular weight is 566 g/mol. The number of halogens is 1. The van der Waals surface area contributed by atoms with Crippen LogP contribution in [0.4, 0.5) is 0 Å². The van der Waals surface area contributed by atoms with Crippen molar-refractivity contribution in [3.05, 3.63) is 15.6 Å². The zero-order chi connectivity index (χ0) is 22.1. The van der Waals surface area contributed by atoms with Crippen molar-refractivity contribution >= 4 is 47.2 Å². The van der Waals surface area contributed by atoms with Crippen molar-refractivity contribution in [3.8, 4) is 0 Å². The number of carbonyl (C=O) groups is 1. The van der Waals surface area contributed by atoms with E-state index in [9.17, 15) is 4.79 Å². The summed E-state index contributed by atoms with van der Waals surface area (Å²) in [4.78, 5) is 24.7. The van der Waals surface area contributed by atoms with Crippen LogP contribution in [0.3, 0.4) is 0 Å². The second kappa shape index (κ2) is 14.3. The van der Waals surface area contributed by atoms with Gasteiger partial charge in [0.2, 0.25) is 0 Å². The molecule has 1 fully saturated rings. The Bertz CT molecular complexity index is 710. The molecule has 2 heterocycles. The lowest BCUT2D eigenvalue weighted by Gasteiger charge is -2.33. The number of ether oxygens (including phenoxy) is 1. The van der Waals surface area contributed by atoms with E-state index in [2.05, 4.69) is 41.3 Å². The molecule has 0 aromatic carbocycles. The number of esters is 1. The summed E-state index contributed by atoms with van der Waals surface area (Å²) in [6.45, 7) is 17.8. The first kappa shape index (κ1) is 28.1. The fraction of sp³-hybridized carbons (Fsp3) is 0.773. The number of hydrogen-bond acceptors (Lipinski definition) is 6. The highest BCUT2D eigenvalue weighted by atomic mass is 127. The predicted molar refractivity (Wildman–Crippen MR) is 140 cm³/mol. The molecule has 1 aromatic rings. The molecule has 2 atom stereocenters. The van der Waals surface area contributed by atoms with Crippen molar-refractivity contribution in [1.29, 1.82) is 0 Å². The highest BCUT2D eigenvalue weighted by Crippen LogP contribution is 2.24. The van der Waals surface area contributed by atoms with Gasteiger partial charge >= 0.3 is 5.97 Å². The second-order valence-corrected chi connectivity index (χ2v) is 9.47. The molecule has 1 aliphatic rings. The van der Waals surface area contributed by atoms with Gasteiger partial charge in [-0.2, -0.15) is 0 Å². The number of carbonyl (C=O) groups excluding carboxylic acids is 1. The highest BCUT2D eigenvalue weighted by molar-refractivity contribution is 14.0. The van der Waals surface area contributed by atoms with Crippen molar-refractivity contribution in [3.63, 3.8) is 0 Å². The molecule has 1 aromatic heterocycles. The maximum absolute atomic E-state index is 12.1. The maximum atomic E-state index is 12.1. The Hall–Kier alpha value is -0.940. The number of rotatable bonds is 9. The van der Waals surface area contributed by atoms with E-state index in [4.69, 9.17) is 9.73 Å². The normalized spacial score (nSPS) is 18.4. The number of aromatic nitrogens is 1. The van der Waals surface area contributed by atoms with E-state index >= 15 is 0 Å². The number of guanidine groups is 1. The number of piperidine rings is 1. The number of nitrogens with one attached hydrogen (secondary N) is 2. The first-order valence-electron chi connectivity index (χ1n) is 11.3. The lowest BCUT2D eigenvalue weighted by atomic mass is 9.97. The molecule has 0 spiro atoms. The molecule has 178 valence electrons. The second-order valence-electron chi connectivity index (χ2n) is 8.43. The van der Waals surface area contributed by atoms with Gasteiger partial charge in [-0.15, -0.1) is 35.3 Å². The monoisotopic (exact) mass is 565 g/mol. The van der Waals surface area contributed by atoms with Crippen LogP contribution in [0.2, 0.25) is 0 Å². The van der Waals surface area contributed by atoms with Gasteiger partial charge in [-0.05, 0) is 58.9 Å². The lowest BCUT2D eigenvalue weighted by Crippen LogP contribution is -2.41. The zero-order valence-electron chi connectivity index (χ0n) is 19.9. The van der Waals surface area contributed by atoms with Crippen molar-refractivity contribution in [2.75, 3.05) is 39.3 Å². The van der Waals surface area contributed by atoms with E-state index in [0.29, 0.717) is 23.3 Å². The molecular formula is C22H40IN5O2S. The van der Waals surface area contributed by atoms with Crippen molar-refractivity contribution in [1.82, 2.24) is 20.5 Å². The Labute approximate surface area is 208 Å². The van der Waals surface area contributed by atoms with Crippen LogP contribution in [0, 0.1) is 18.8 Å². The number of likely N-dealkylation sites (tertiary alicyclic amines) is 1. The standard InChI is InChI=1S/C22H39N5O2S.HI/c1-7-23-22(24-12-18-10-9-11-27(14-18)13-15(3)4)26-17(6)20-25-16(5)19(30-20)21(28)29-8-2;/h15,17-18H,7-14H2,1-6H3,(H2,23,24,26);1H. The minimum atomic E-state index is -0.297. The largest absolute Gasteiger partial charge is 0.462 e. The predicted octanol–water partition coefficient (Wildman–Crippen LogP) is 4.23. The Morgan fingerprint density at radius 2 is 2.10 bits per heavy atom. The van der Waals surface area contributed by atoms with Crippen LogP contribution in [0.1, 0.15) is 73.9 Å². The van der Waals surface area contributed by atoms with Gasteiger partial charge in [0.15, 0.2) is 5.96 Å². The molecular weight excluding hydrogens is 525 g/mol. The summed E-state index contributed by atoms with van der Waals surface area (Å²) in [5, 5.41) is 7.65. The number of nitrogens with zero attached hydrogens (tertiary/aromatic N) is 3. The summed E-state index contributed by atoms with van der Waals surface area (Å²) in [7, 11) is 0. The van der Waals surface area contributed by atoms with Crippen LogP contribution < -0.4 is 10.6 Å². The minimum absolute atomic E-state index is 0. The Morgan fingerprint density at radius 3 is 2.74 bits per heavy atom. The SMILES string of the molecule is CCNC(=NCC1CCCN(CC(C)C)C1)NC(C)c1nc(C)c(C(=O)OCC)s1.I. The third kappa shape index (κ3) is 9.21. The van der Waals surface area contributed by atoms with E-state index in [1.54, 1.807) is 0 Å². The minimum Gasteiger partial charge on any atom is -0.462 e. The molecule has 2 rings (SSSR count). The fourth-order valence-electron chi connectivity index (χ4n) is 3.78. The number of aryl methyl sites for hydroxylation is 1. The molecule has 2 unspecified atom stereocenters. The maximum Gasteiger partial charge on any atom is 0.350 e. The van der Waals surface area contributed by atoms with Crippen LogP contribution in [0.25, 0.3) is 0 Å². The quantitative estimate of drug-likeness (QED) is 0.202.